The number of halogens is 2. The first-order chi connectivity index (χ1) is 13.5. The summed E-state index contributed by atoms with van der Waals surface area (Å²) in [5.41, 5.74) is -0.255. The molecule has 2 N–H and O–H groups in total. The third-order valence-electron chi connectivity index (χ3n) is 3.79. The lowest BCUT2D eigenvalue weighted by Crippen LogP contribution is -2.13. The molecule has 1 aromatic heterocycles. The van der Waals surface area contributed by atoms with E-state index in [9.17, 15) is 8.78 Å². The fourth-order valence-corrected chi connectivity index (χ4v) is 2.49. The van der Waals surface area contributed by atoms with Gasteiger partial charge in [-0.3, -0.25) is 0 Å². The summed E-state index contributed by atoms with van der Waals surface area (Å²) in [4.78, 5) is 8.43. The van der Waals surface area contributed by atoms with E-state index >= 15 is 0 Å². The fraction of sp³-hybridized carbons (Fsp3) is 0.200. The maximum absolute atomic E-state index is 13.8. The van der Waals surface area contributed by atoms with Crippen molar-refractivity contribution in [3.63, 3.8) is 0 Å². The van der Waals surface area contributed by atoms with E-state index in [0.717, 1.165) is 11.5 Å². The number of hydrogen-bond acceptors (Lipinski definition) is 6. The zero-order chi connectivity index (χ0) is 19.9. The first kappa shape index (κ1) is 19.3. The number of aromatic nitrogens is 2. The Morgan fingerprint density at radius 1 is 0.929 bits per heavy atom. The molecule has 28 heavy (non-hydrogen) atoms. The molecule has 2 aromatic carbocycles. The van der Waals surface area contributed by atoms with Gasteiger partial charge in [0.15, 0.2) is 0 Å². The molecule has 0 aliphatic rings. The van der Waals surface area contributed by atoms with E-state index < -0.39 is 11.6 Å². The molecule has 8 heteroatoms. The summed E-state index contributed by atoms with van der Waals surface area (Å²) >= 11 is 0. The quantitative estimate of drug-likeness (QED) is 0.563. The second-order valence-corrected chi connectivity index (χ2v) is 5.86. The average Bonchev–Trinajstić information content (AvgIpc) is 2.68. The van der Waals surface area contributed by atoms with Crippen molar-refractivity contribution in [2.45, 2.75) is 6.92 Å². The number of aryl methyl sites for hydroxylation is 1. The Balaban J connectivity index is 1.58. The topological polar surface area (TPSA) is 68.3 Å². The molecule has 6 nitrogen and oxygen atoms in total. The highest BCUT2D eigenvalue weighted by Crippen LogP contribution is 2.23. The molecule has 0 amide bonds. The van der Waals surface area contributed by atoms with Crippen molar-refractivity contribution in [1.29, 1.82) is 0 Å². The Morgan fingerprint density at radius 3 is 2.25 bits per heavy atom. The molecule has 1 heterocycles. The SMILES string of the molecule is COc1ccc(OCCNc2cc(Nc3c(F)cccc3F)nc(C)n2)cc1. The highest BCUT2D eigenvalue weighted by Gasteiger charge is 2.10. The van der Waals surface area contributed by atoms with E-state index in [4.69, 9.17) is 9.47 Å². The summed E-state index contributed by atoms with van der Waals surface area (Å²) in [6, 6.07) is 12.5. The molecule has 3 aromatic rings. The second-order valence-electron chi connectivity index (χ2n) is 5.86. The van der Waals surface area contributed by atoms with Crippen LogP contribution in [0.1, 0.15) is 5.82 Å². The van der Waals surface area contributed by atoms with Gasteiger partial charge in [0.1, 0.15) is 52.9 Å². The number of ether oxygens (including phenoxy) is 2. The van der Waals surface area contributed by atoms with Gasteiger partial charge in [-0.25, -0.2) is 18.7 Å². The Morgan fingerprint density at radius 2 is 1.57 bits per heavy atom. The molecule has 0 radical (unpaired) electrons. The van der Waals surface area contributed by atoms with Gasteiger partial charge in [-0.15, -0.1) is 0 Å². The van der Waals surface area contributed by atoms with Crippen LogP contribution in [0.5, 0.6) is 11.5 Å². The van der Waals surface area contributed by atoms with E-state index in [2.05, 4.69) is 20.6 Å². The Labute approximate surface area is 161 Å². The Hall–Kier alpha value is -3.42. The number of methoxy groups -OCH3 is 1. The summed E-state index contributed by atoms with van der Waals surface area (Å²) in [6.07, 6.45) is 0. The van der Waals surface area contributed by atoms with Gasteiger partial charge in [0.05, 0.1) is 13.7 Å². The third kappa shape index (κ3) is 5.06. The molecule has 3 rings (SSSR count). The Kier molecular flexibility index (Phi) is 6.21. The van der Waals surface area contributed by atoms with E-state index in [1.807, 2.05) is 24.3 Å². The van der Waals surface area contributed by atoms with Gasteiger partial charge < -0.3 is 20.1 Å². The highest BCUT2D eigenvalue weighted by atomic mass is 19.1. The lowest BCUT2D eigenvalue weighted by molar-refractivity contribution is 0.331. The molecule has 0 atom stereocenters. The van der Waals surface area contributed by atoms with Crippen molar-refractivity contribution >= 4 is 17.3 Å². The van der Waals surface area contributed by atoms with Gasteiger partial charge in [0.25, 0.3) is 0 Å². The largest absolute Gasteiger partial charge is 0.497 e. The van der Waals surface area contributed by atoms with E-state index in [1.54, 1.807) is 20.1 Å². The number of anilines is 3. The number of nitrogens with zero attached hydrogens (tertiary/aromatic N) is 2. The summed E-state index contributed by atoms with van der Waals surface area (Å²) in [5.74, 6) is 1.35. The van der Waals surface area contributed by atoms with Crippen LogP contribution in [0, 0.1) is 18.6 Å². The first-order valence-corrected chi connectivity index (χ1v) is 8.62. The molecular formula is C20H20F2N4O2. The number of para-hydroxylation sites is 1. The zero-order valence-electron chi connectivity index (χ0n) is 15.5. The minimum Gasteiger partial charge on any atom is -0.497 e. The molecular weight excluding hydrogens is 366 g/mol. The highest BCUT2D eigenvalue weighted by molar-refractivity contribution is 5.60. The van der Waals surface area contributed by atoms with Crippen LogP contribution in [0.15, 0.2) is 48.5 Å². The lowest BCUT2D eigenvalue weighted by Gasteiger charge is -2.12. The molecule has 0 aliphatic heterocycles. The molecule has 0 aliphatic carbocycles. The van der Waals surface area contributed by atoms with Crippen LogP contribution in [0.4, 0.5) is 26.1 Å². The molecule has 0 bridgehead atoms. The smallest absolute Gasteiger partial charge is 0.149 e. The third-order valence-corrected chi connectivity index (χ3v) is 3.79. The molecule has 0 spiro atoms. The van der Waals surface area contributed by atoms with Crippen molar-refractivity contribution in [3.8, 4) is 11.5 Å². The summed E-state index contributed by atoms with van der Waals surface area (Å²) in [5, 5.41) is 5.77. The minimum atomic E-state index is -0.696. The molecule has 0 saturated heterocycles. The zero-order valence-corrected chi connectivity index (χ0v) is 15.5. The number of benzene rings is 2. The number of rotatable bonds is 8. The van der Waals surface area contributed by atoms with E-state index in [-0.39, 0.29) is 11.5 Å². The summed E-state index contributed by atoms with van der Waals surface area (Å²) in [7, 11) is 1.60. The van der Waals surface area contributed by atoms with Crippen molar-refractivity contribution in [2.75, 3.05) is 30.9 Å². The molecule has 0 saturated carbocycles. The van der Waals surface area contributed by atoms with Crippen molar-refractivity contribution in [1.82, 2.24) is 9.97 Å². The van der Waals surface area contributed by atoms with E-state index in [1.165, 1.54) is 18.2 Å². The minimum absolute atomic E-state index is 0.255. The van der Waals surface area contributed by atoms with Crippen LogP contribution in [-0.4, -0.2) is 30.2 Å². The van der Waals surface area contributed by atoms with Crippen LogP contribution in [0.25, 0.3) is 0 Å². The predicted octanol–water partition coefficient (Wildman–Crippen LogP) is 4.31. The molecule has 146 valence electrons. The fourth-order valence-electron chi connectivity index (χ4n) is 2.49. The van der Waals surface area contributed by atoms with Crippen LogP contribution in [0.3, 0.4) is 0 Å². The van der Waals surface area contributed by atoms with Crippen LogP contribution in [-0.2, 0) is 0 Å². The molecule has 0 fully saturated rings. The van der Waals surface area contributed by atoms with E-state index in [0.29, 0.717) is 24.8 Å². The van der Waals surface area contributed by atoms with Crippen molar-refractivity contribution in [2.24, 2.45) is 0 Å². The van der Waals surface area contributed by atoms with Gasteiger partial charge >= 0.3 is 0 Å². The monoisotopic (exact) mass is 386 g/mol. The van der Waals surface area contributed by atoms with Gasteiger partial charge in [-0.2, -0.15) is 0 Å². The predicted molar refractivity (Wildman–Crippen MR) is 103 cm³/mol. The second kappa shape index (κ2) is 8.98. The van der Waals surface area contributed by atoms with Crippen LogP contribution >= 0.6 is 0 Å². The van der Waals surface area contributed by atoms with Gasteiger partial charge in [0, 0.05) is 6.07 Å². The van der Waals surface area contributed by atoms with Gasteiger partial charge in [-0.05, 0) is 43.3 Å². The van der Waals surface area contributed by atoms with Gasteiger partial charge in [0.2, 0.25) is 0 Å². The summed E-state index contributed by atoms with van der Waals surface area (Å²) in [6.45, 7) is 2.58. The first-order valence-electron chi connectivity index (χ1n) is 8.62. The normalized spacial score (nSPS) is 10.4. The maximum atomic E-state index is 13.8. The van der Waals surface area contributed by atoms with Crippen LogP contribution < -0.4 is 20.1 Å². The number of nitrogens with one attached hydrogen (secondary N) is 2. The standard InChI is InChI=1S/C20H20F2N4O2/c1-13-24-18(23-10-11-28-15-8-6-14(27-2)7-9-15)12-19(25-13)26-20-16(21)4-3-5-17(20)22/h3-9,12H,10-11H2,1-2H3,(H2,23,24,25,26). The average molecular weight is 386 g/mol. The van der Waals surface area contributed by atoms with Crippen molar-refractivity contribution in [3.05, 3.63) is 66.0 Å². The van der Waals surface area contributed by atoms with Crippen molar-refractivity contribution < 1.29 is 18.3 Å². The van der Waals surface area contributed by atoms with Crippen LogP contribution in [0.2, 0.25) is 0 Å². The number of hydrogen-bond donors (Lipinski definition) is 2. The van der Waals surface area contributed by atoms with Gasteiger partial charge in [-0.1, -0.05) is 6.07 Å². The summed E-state index contributed by atoms with van der Waals surface area (Å²) < 4.78 is 38.4. The Bertz CT molecular complexity index is 916. The maximum Gasteiger partial charge on any atom is 0.149 e. The lowest BCUT2D eigenvalue weighted by atomic mass is 10.3. The molecule has 0 unspecified atom stereocenters.